The van der Waals surface area contributed by atoms with E-state index in [9.17, 15) is 14.9 Å². The number of allylic oxidation sites excluding steroid dienone is 1. The maximum absolute atomic E-state index is 12.2. The molecule has 1 aromatic carbocycles. The molecule has 1 aliphatic rings. The van der Waals surface area contributed by atoms with Gasteiger partial charge in [0.05, 0.1) is 12.0 Å². The van der Waals surface area contributed by atoms with Crippen LogP contribution in [0, 0.1) is 10.1 Å². The Hall–Kier alpha value is -2.37. The highest BCUT2D eigenvalue weighted by atomic mass is 16.6. The SMILES string of the molecule is COc1cccc(C(=O)NC2C=CCCC2)c1[N+](=O)[O-]. The van der Waals surface area contributed by atoms with Crippen LogP contribution >= 0.6 is 0 Å². The van der Waals surface area contributed by atoms with E-state index in [-0.39, 0.29) is 23.0 Å². The summed E-state index contributed by atoms with van der Waals surface area (Å²) in [5, 5.41) is 13.9. The quantitative estimate of drug-likeness (QED) is 0.520. The average molecular weight is 276 g/mol. The molecule has 1 aliphatic carbocycles. The fraction of sp³-hybridized carbons (Fsp3) is 0.357. The van der Waals surface area contributed by atoms with Gasteiger partial charge in [-0.05, 0) is 31.4 Å². The second-order valence-corrected chi connectivity index (χ2v) is 4.55. The summed E-state index contributed by atoms with van der Waals surface area (Å²) in [4.78, 5) is 22.7. The molecular formula is C14H16N2O4. The fourth-order valence-electron chi connectivity index (χ4n) is 2.24. The molecule has 1 unspecified atom stereocenters. The van der Waals surface area contributed by atoms with Crippen LogP contribution in [0.1, 0.15) is 29.6 Å². The zero-order chi connectivity index (χ0) is 14.5. The first kappa shape index (κ1) is 14.0. The molecule has 106 valence electrons. The smallest absolute Gasteiger partial charge is 0.323 e. The van der Waals surface area contributed by atoms with Gasteiger partial charge in [-0.25, -0.2) is 0 Å². The first-order chi connectivity index (χ1) is 9.63. The third-order valence-electron chi connectivity index (χ3n) is 3.22. The van der Waals surface area contributed by atoms with Gasteiger partial charge in [0.1, 0.15) is 5.56 Å². The van der Waals surface area contributed by atoms with Crippen LogP contribution in [0.4, 0.5) is 5.69 Å². The molecule has 1 N–H and O–H groups in total. The van der Waals surface area contributed by atoms with Crippen LogP contribution in [0.15, 0.2) is 30.4 Å². The predicted octanol–water partition coefficient (Wildman–Crippen LogP) is 2.44. The summed E-state index contributed by atoms with van der Waals surface area (Å²) >= 11 is 0. The summed E-state index contributed by atoms with van der Waals surface area (Å²) in [7, 11) is 1.34. The fourth-order valence-corrected chi connectivity index (χ4v) is 2.24. The molecule has 0 fully saturated rings. The lowest BCUT2D eigenvalue weighted by molar-refractivity contribution is -0.386. The van der Waals surface area contributed by atoms with Crippen LogP contribution in [0.25, 0.3) is 0 Å². The Morgan fingerprint density at radius 2 is 2.30 bits per heavy atom. The molecule has 0 saturated heterocycles. The number of nitro groups is 1. The van der Waals surface area contributed by atoms with Crippen molar-refractivity contribution in [1.29, 1.82) is 0 Å². The van der Waals surface area contributed by atoms with E-state index >= 15 is 0 Å². The molecule has 6 heteroatoms. The number of nitrogens with zero attached hydrogens (tertiary/aromatic N) is 1. The van der Waals surface area contributed by atoms with Crippen LogP contribution in [0.2, 0.25) is 0 Å². The molecule has 1 amide bonds. The first-order valence-electron chi connectivity index (χ1n) is 6.42. The number of amides is 1. The van der Waals surface area contributed by atoms with Crippen molar-refractivity contribution in [2.45, 2.75) is 25.3 Å². The van der Waals surface area contributed by atoms with Gasteiger partial charge in [-0.2, -0.15) is 0 Å². The van der Waals surface area contributed by atoms with Crippen molar-refractivity contribution >= 4 is 11.6 Å². The third-order valence-corrected chi connectivity index (χ3v) is 3.22. The number of benzene rings is 1. The molecule has 0 heterocycles. The number of carbonyl (C=O) groups is 1. The van der Waals surface area contributed by atoms with Crippen molar-refractivity contribution in [1.82, 2.24) is 5.32 Å². The maximum Gasteiger partial charge on any atom is 0.323 e. The van der Waals surface area contributed by atoms with Crippen LogP contribution in [0.5, 0.6) is 5.75 Å². The maximum atomic E-state index is 12.2. The highest BCUT2D eigenvalue weighted by Crippen LogP contribution is 2.30. The predicted molar refractivity (Wildman–Crippen MR) is 73.9 cm³/mol. The molecule has 1 atom stereocenters. The van der Waals surface area contributed by atoms with E-state index in [0.29, 0.717) is 0 Å². The lowest BCUT2D eigenvalue weighted by Gasteiger charge is -2.18. The number of hydrogen-bond acceptors (Lipinski definition) is 4. The van der Waals surface area contributed by atoms with Crippen LogP contribution in [-0.2, 0) is 0 Å². The standard InChI is InChI=1S/C14H16N2O4/c1-20-12-9-5-8-11(13(12)16(18)19)14(17)15-10-6-3-2-4-7-10/h3,5-6,8-10H,2,4,7H2,1H3,(H,15,17). The number of nitro benzene ring substituents is 1. The molecule has 0 aliphatic heterocycles. The minimum atomic E-state index is -0.593. The molecule has 0 aromatic heterocycles. The van der Waals surface area contributed by atoms with E-state index in [2.05, 4.69) is 5.32 Å². The second kappa shape index (κ2) is 6.18. The summed E-state index contributed by atoms with van der Waals surface area (Å²) in [5.41, 5.74) is -0.277. The number of hydrogen-bond donors (Lipinski definition) is 1. The average Bonchev–Trinajstić information content (AvgIpc) is 2.47. The molecule has 0 bridgehead atoms. The number of nitrogens with one attached hydrogen (secondary N) is 1. The van der Waals surface area contributed by atoms with Gasteiger partial charge in [0, 0.05) is 6.04 Å². The number of methoxy groups -OCH3 is 1. The number of para-hydroxylation sites is 1. The van der Waals surface area contributed by atoms with Gasteiger partial charge >= 0.3 is 5.69 Å². The minimum absolute atomic E-state index is 0.0216. The molecule has 6 nitrogen and oxygen atoms in total. The van der Waals surface area contributed by atoms with Crippen molar-refractivity contribution < 1.29 is 14.5 Å². The van der Waals surface area contributed by atoms with E-state index in [1.807, 2.05) is 12.2 Å². The lowest BCUT2D eigenvalue weighted by atomic mass is 10.0. The summed E-state index contributed by atoms with van der Waals surface area (Å²) in [5.74, 6) is -0.367. The minimum Gasteiger partial charge on any atom is -0.490 e. The molecule has 20 heavy (non-hydrogen) atoms. The molecule has 0 saturated carbocycles. The van der Waals surface area contributed by atoms with Gasteiger partial charge < -0.3 is 10.1 Å². The van der Waals surface area contributed by atoms with Crippen molar-refractivity contribution in [3.8, 4) is 5.75 Å². The second-order valence-electron chi connectivity index (χ2n) is 4.55. The van der Waals surface area contributed by atoms with Gasteiger partial charge in [0.25, 0.3) is 5.91 Å². The highest BCUT2D eigenvalue weighted by Gasteiger charge is 2.26. The number of ether oxygens (including phenoxy) is 1. The Morgan fingerprint density at radius 3 is 2.90 bits per heavy atom. The Morgan fingerprint density at radius 1 is 1.50 bits per heavy atom. The van der Waals surface area contributed by atoms with E-state index in [4.69, 9.17) is 4.74 Å². The van der Waals surface area contributed by atoms with Crippen LogP contribution < -0.4 is 10.1 Å². The van der Waals surface area contributed by atoms with E-state index in [1.54, 1.807) is 6.07 Å². The summed E-state index contributed by atoms with van der Waals surface area (Å²) < 4.78 is 4.95. The normalized spacial score (nSPS) is 17.6. The van der Waals surface area contributed by atoms with Gasteiger partial charge in [0.2, 0.25) is 0 Å². The number of carbonyl (C=O) groups excluding carboxylic acids is 1. The lowest BCUT2D eigenvalue weighted by Crippen LogP contribution is -2.34. The molecule has 2 rings (SSSR count). The molecule has 1 aromatic rings. The Balaban J connectivity index is 2.27. The van der Waals surface area contributed by atoms with Crippen molar-refractivity contribution in [3.05, 3.63) is 46.0 Å². The zero-order valence-corrected chi connectivity index (χ0v) is 11.2. The largest absolute Gasteiger partial charge is 0.490 e. The van der Waals surface area contributed by atoms with Crippen LogP contribution in [-0.4, -0.2) is 24.0 Å². The summed E-state index contributed by atoms with van der Waals surface area (Å²) in [6.45, 7) is 0. The Kier molecular flexibility index (Phi) is 4.34. The highest BCUT2D eigenvalue weighted by molar-refractivity contribution is 5.99. The van der Waals surface area contributed by atoms with E-state index < -0.39 is 10.8 Å². The van der Waals surface area contributed by atoms with Crippen molar-refractivity contribution in [2.75, 3.05) is 7.11 Å². The molecular weight excluding hydrogens is 260 g/mol. The number of rotatable bonds is 4. The van der Waals surface area contributed by atoms with Crippen LogP contribution in [0.3, 0.4) is 0 Å². The third kappa shape index (κ3) is 2.96. The Labute approximate surface area is 116 Å². The monoisotopic (exact) mass is 276 g/mol. The molecule has 0 radical (unpaired) electrons. The van der Waals surface area contributed by atoms with Gasteiger partial charge in [-0.3, -0.25) is 14.9 Å². The topological polar surface area (TPSA) is 81.5 Å². The van der Waals surface area contributed by atoms with Crippen molar-refractivity contribution in [2.24, 2.45) is 0 Å². The van der Waals surface area contributed by atoms with Crippen molar-refractivity contribution in [3.63, 3.8) is 0 Å². The van der Waals surface area contributed by atoms with E-state index in [1.165, 1.54) is 19.2 Å². The summed E-state index contributed by atoms with van der Waals surface area (Å²) in [6.07, 6.45) is 6.79. The Bertz CT molecular complexity index is 554. The zero-order valence-electron chi connectivity index (χ0n) is 11.2. The van der Waals surface area contributed by atoms with Gasteiger partial charge in [0.15, 0.2) is 5.75 Å². The van der Waals surface area contributed by atoms with Gasteiger partial charge in [-0.15, -0.1) is 0 Å². The first-order valence-corrected chi connectivity index (χ1v) is 6.42. The summed E-state index contributed by atoms with van der Waals surface area (Å²) in [6, 6.07) is 4.40. The van der Waals surface area contributed by atoms with Gasteiger partial charge in [-0.1, -0.05) is 18.2 Å². The molecule has 0 spiro atoms. The van der Waals surface area contributed by atoms with E-state index in [0.717, 1.165) is 19.3 Å².